The van der Waals surface area contributed by atoms with E-state index in [9.17, 15) is 17.6 Å². The first kappa shape index (κ1) is 23.1. The summed E-state index contributed by atoms with van der Waals surface area (Å²) in [7, 11) is -1.01. The average molecular weight is 459 g/mol. The summed E-state index contributed by atoms with van der Waals surface area (Å²) in [6.45, 7) is 3.35. The molecule has 0 radical (unpaired) electrons. The van der Waals surface area contributed by atoms with Gasteiger partial charge in [-0.1, -0.05) is 12.1 Å². The molecule has 1 amide bonds. The molecular formula is C23H23FN2O5S. The van der Waals surface area contributed by atoms with Crippen LogP contribution in [0.1, 0.15) is 21.5 Å². The molecule has 0 aliphatic rings. The molecule has 0 aliphatic heterocycles. The summed E-state index contributed by atoms with van der Waals surface area (Å²) in [6, 6.07) is 13.0. The van der Waals surface area contributed by atoms with Crippen molar-refractivity contribution < 1.29 is 27.1 Å². The number of rotatable bonds is 7. The third kappa shape index (κ3) is 5.00. The molecule has 168 valence electrons. The van der Waals surface area contributed by atoms with Gasteiger partial charge in [-0.15, -0.1) is 0 Å². The van der Waals surface area contributed by atoms with E-state index in [0.717, 1.165) is 11.6 Å². The van der Waals surface area contributed by atoms with Crippen molar-refractivity contribution in [3.05, 3.63) is 77.1 Å². The number of nitrogens with one attached hydrogen (secondary N) is 2. The summed E-state index contributed by atoms with van der Waals surface area (Å²) in [5, 5.41) is 2.79. The van der Waals surface area contributed by atoms with Crippen molar-refractivity contribution in [2.45, 2.75) is 18.7 Å². The smallest absolute Gasteiger partial charge is 0.261 e. The lowest BCUT2D eigenvalue weighted by Gasteiger charge is -2.14. The molecule has 0 saturated carbocycles. The number of carbonyl (C=O) groups is 1. The highest BCUT2D eigenvalue weighted by molar-refractivity contribution is 7.92. The normalized spacial score (nSPS) is 11.0. The lowest BCUT2D eigenvalue weighted by molar-refractivity contribution is 0.102. The fraction of sp³-hybridized carbons (Fsp3) is 0.174. The molecule has 0 fully saturated rings. The second-order valence-corrected chi connectivity index (χ2v) is 8.76. The molecule has 0 unspecified atom stereocenters. The first-order valence-electron chi connectivity index (χ1n) is 9.57. The van der Waals surface area contributed by atoms with Gasteiger partial charge in [0, 0.05) is 23.0 Å². The maximum absolute atomic E-state index is 13.8. The van der Waals surface area contributed by atoms with Gasteiger partial charge in [0.2, 0.25) is 0 Å². The van der Waals surface area contributed by atoms with Crippen LogP contribution in [-0.4, -0.2) is 28.5 Å². The quantitative estimate of drug-likeness (QED) is 0.543. The Balaban J connectivity index is 1.83. The van der Waals surface area contributed by atoms with Crippen LogP contribution in [0.25, 0.3) is 0 Å². The van der Waals surface area contributed by atoms with Gasteiger partial charge in [-0.05, 0) is 61.4 Å². The lowest BCUT2D eigenvalue weighted by Crippen LogP contribution is -2.16. The van der Waals surface area contributed by atoms with Crippen molar-refractivity contribution in [2.75, 3.05) is 24.3 Å². The SMILES string of the molecule is COc1cc(C)c(NC(=O)c2cccc(NS(=O)(=O)c3ccc(C)c(F)c3)c2)cc1OC. The summed E-state index contributed by atoms with van der Waals surface area (Å²) in [5.74, 6) is -0.0683. The summed E-state index contributed by atoms with van der Waals surface area (Å²) in [4.78, 5) is 12.6. The number of aryl methyl sites for hydroxylation is 2. The van der Waals surface area contributed by atoms with E-state index in [1.54, 1.807) is 31.2 Å². The minimum absolute atomic E-state index is 0.169. The molecule has 3 aromatic carbocycles. The van der Waals surface area contributed by atoms with Gasteiger partial charge in [-0.2, -0.15) is 0 Å². The zero-order chi connectivity index (χ0) is 23.5. The molecule has 0 atom stereocenters. The minimum atomic E-state index is -4.03. The zero-order valence-electron chi connectivity index (χ0n) is 18.0. The predicted molar refractivity (Wildman–Crippen MR) is 121 cm³/mol. The van der Waals surface area contributed by atoms with Gasteiger partial charge < -0.3 is 14.8 Å². The van der Waals surface area contributed by atoms with Crippen LogP contribution in [-0.2, 0) is 10.0 Å². The minimum Gasteiger partial charge on any atom is -0.493 e. The van der Waals surface area contributed by atoms with Gasteiger partial charge in [-0.3, -0.25) is 9.52 Å². The summed E-state index contributed by atoms with van der Waals surface area (Å²) >= 11 is 0. The van der Waals surface area contributed by atoms with Crippen molar-refractivity contribution in [1.29, 1.82) is 0 Å². The molecular weight excluding hydrogens is 435 g/mol. The number of hydrogen-bond acceptors (Lipinski definition) is 5. The van der Waals surface area contributed by atoms with Crippen molar-refractivity contribution in [3.63, 3.8) is 0 Å². The van der Waals surface area contributed by atoms with Gasteiger partial charge in [0.15, 0.2) is 11.5 Å². The molecule has 2 N–H and O–H groups in total. The van der Waals surface area contributed by atoms with Crippen LogP contribution >= 0.6 is 0 Å². The second-order valence-electron chi connectivity index (χ2n) is 7.07. The maximum atomic E-state index is 13.8. The molecule has 0 aromatic heterocycles. The summed E-state index contributed by atoms with van der Waals surface area (Å²) < 4.78 is 51.9. The van der Waals surface area contributed by atoms with Crippen molar-refractivity contribution in [1.82, 2.24) is 0 Å². The van der Waals surface area contributed by atoms with E-state index in [1.807, 2.05) is 6.92 Å². The molecule has 0 bridgehead atoms. The van der Waals surface area contributed by atoms with Gasteiger partial charge in [0.05, 0.1) is 19.1 Å². The number of methoxy groups -OCH3 is 2. The van der Waals surface area contributed by atoms with Crippen LogP contribution in [0.5, 0.6) is 11.5 Å². The third-order valence-electron chi connectivity index (χ3n) is 4.81. The van der Waals surface area contributed by atoms with Gasteiger partial charge in [0.25, 0.3) is 15.9 Å². The number of halogens is 1. The van der Waals surface area contributed by atoms with E-state index < -0.39 is 21.7 Å². The number of benzene rings is 3. The molecule has 0 aliphatic carbocycles. The Hall–Kier alpha value is -3.59. The van der Waals surface area contributed by atoms with Gasteiger partial charge >= 0.3 is 0 Å². The van der Waals surface area contributed by atoms with E-state index >= 15 is 0 Å². The number of carbonyl (C=O) groups excluding carboxylic acids is 1. The third-order valence-corrected chi connectivity index (χ3v) is 6.19. The Labute approximate surface area is 186 Å². The Morgan fingerprint density at radius 1 is 0.906 bits per heavy atom. The van der Waals surface area contributed by atoms with Crippen molar-refractivity contribution >= 4 is 27.3 Å². The van der Waals surface area contributed by atoms with Crippen LogP contribution in [0, 0.1) is 19.7 Å². The van der Waals surface area contributed by atoms with E-state index in [1.165, 1.54) is 38.5 Å². The lowest BCUT2D eigenvalue weighted by atomic mass is 10.1. The Kier molecular flexibility index (Phi) is 6.69. The fourth-order valence-electron chi connectivity index (χ4n) is 2.99. The van der Waals surface area contributed by atoms with Gasteiger partial charge in [0.1, 0.15) is 5.82 Å². The van der Waals surface area contributed by atoms with Crippen LogP contribution in [0.3, 0.4) is 0 Å². The van der Waals surface area contributed by atoms with Crippen LogP contribution in [0.2, 0.25) is 0 Å². The van der Waals surface area contributed by atoms with E-state index in [-0.39, 0.29) is 16.1 Å². The first-order valence-corrected chi connectivity index (χ1v) is 11.1. The Bertz CT molecular complexity index is 1280. The monoisotopic (exact) mass is 458 g/mol. The Morgan fingerprint density at radius 3 is 2.25 bits per heavy atom. The summed E-state index contributed by atoms with van der Waals surface area (Å²) in [6.07, 6.45) is 0. The van der Waals surface area contributed by atoms with Crippen molar-refractivity contribution in [3.8, 4) is 11.5 Å². The summed E-state index contributed by atoms with van der Waals surface area (Å²) in [5.41, 5.74) is 2.02. The molecule has 3 aromatic rings. The number of amides is 1. The molecule has 3 rings (SSSR count). The highest BCUT2D eigenvalue weighted by Crippen LogP contribution is 2.33. The van der Waals surface area contributed by atoms with Crippen LogP contribution < -0.4 is 19.5 Å². The fourth-order valence-corrected chi connectivity index (χ4v) is 4.05. The predicted octanol–water partition coefficient (Wildman–Crippen LogP) is 4.51. The number of sulfonamides is 1. The van der Waals surface area contributed by atoms with Crippen LogP contribution in [0.15, 0.2) is 59.5 Å². The zero-order valence-corrected chi connectivity index (χ0v) is 18.8. The standard InChI is InChI=1S/C23H23FN2O5S/c1-14-8-9-18(12-19(14)24)32(28,29)26-17-7-5-6-16(11-17)23(27)25-20-13-22(31-4)21(30-3)10-15(20)2/h5-13,26H,1-4H3,(H,25,27). The molecule has 9 heteroatoms. The topological polar surface area (TPSA) is 93.7 Å². The highest BCUT2D eigenvalue weighted by Gasteiger charge is 2.17. The number of ether oxygens (including phenoxy) is 2. The van der Waals surface area contributed by atoms with E-state index in [4.69, 9.17) is 9.47 Å². The van der Waals surface area contributed by atoms with Gasteiger partial charge in [-0.25, -0.2) is 12.8 Å². The van der Waals surface area contributed by atoms with E-state index in [0.29, 0.717) is 22.7 Å². The highest BCUT2D eigenvalue weighted by atomic mass is 32.2. The second kappa shape index (κ2) is 9.27. The molecule has 0 spiro atoms. The average Bonchev–Trinajstić information content (AvgIpc) is 2.76. The molecule has 0 saturated heterocycles. The number of anilines is 2. The van der Waals surface area contributed by atoms with Crippen LogP contribution in [0.4, 0.5) is 15.8 Å². The molecule has 0 heterocycles. The van der Waals surface area contributed by atoms with Crippen molar-refractivity contribution in [2.24, 2.45) is 0 Å². The molecule has 32 heavy (non-hydrogen) atoms. The molecule has 7 nitrogen and oxygen atoms in total. The Morgan fingerprint density at radius 2 is 1.59 bits per heavy atom. The first-order chi connectivity index (χ1) is 15.1. The maximum Gasteiger partial charge on any atom is 0.261 e. The van der Waals surface area contributed by atoms with E-state index in [2.05, 4.69) is 10.0 Å². The number of hydrogen-bond donors (Lipinski definition) is 2. The largest absolute Gasteiger partial charge is 0.493 e.